The minimum atomic E-state index is -0.330. The van der Waals surface area contributed by atoms with Crippen molar-refractivity contribution in [3.05, 3.63) is 60.4 Å². The highest BCUT2D eigenvalue weighted by molar-refractivity contribution is 7.99. The van der Waals surface area contributed by atoms with Crippen LogP contribution in [0.15, 0.2) is 59.6 Å². The Bertz CT molecular complexity index is 607. The Hall–Kier alpha value is -2.12. The van der Waals surface area contributed by atoms with Crippen molar-refractivity contribution >= 4 is 35.0 Å². The van der Waals surface area contributed by atoms with Gasteiger partial charge in [-0.25, -0.2) is 0 Å². The number of pyridine rings is 1. The lowest BCUT2D eigenvalue weighted by molar-refractivity contribution is 0.0938. The van der Waals surface area contributed by atoms with Gasteiger partial charge in [-0.1, -0.05) is 24.3 Å². The number of hydrazine groups is 1. The minimum absolute atomic E-state index is 0.330. The normalized spacial score (nSPS) is 9.82. The lowest BCUT2D eigenvalue weighted by atomic mass is 10.3. The molecule has 1 amide bonds. The van der Waals surface area contributed by atoms with Crippen molar-refractivity contribution in [1.29, 1.82) is 0 Å². The second-order valence-electron chi connectivity index (χ2n) is 4.21. The Kier molecular flexibility index (Phi) is 6.66. The molecular formula is C15H16N4OS2. The molecule has 2 rings (SSSR count). The summed E-state index contributed by atoms with van der Waals surface area (Å²) in [7, 11) is 0. The van der Waals surface area contributed by atoms with Crippen LogP contribution < -0.4 is 16.2 Å². The van der Waals surface area contributed by atoms with E-state index in [-0.39, 0.29) is 5.91 Å². The molecule has 1 heterocycles. The van der Waals surface area contributed by atoms with Crippen LogP contribution in [-0.2, 0) is 0 Å². The van der Waals surface area contributed by atoms with Crippen LogP contribution in [0.2, 0.25) is 0 Å². The van der Waals surface area contributed by atoms with Crippen LogP contribution in [0, 0.1) is 0 Å². The van der Waals surface area contributed by atoms with Crippen molar-refractivity contribution in [2.75, 3.05) is 12.3 Å². The van der Waals surface area contributed by atoms with Crippen molar-refractivity contribution in [2.45, 2.75) is 4.90 Å². The van der Waals surface area contributed by atoms with E-state index in [1.54, 1.807) is 36.2 Å². The van der Waals surface area contributed by atoms with E-state index in [0.29, 0.717) is 17.4 Å². The summed E-state index contributed by atoms with van der Waals surface area (Å²) in [6.45, 7) is 0.699. The van der Waals surface area contributed by atoms with Crippen molar-refractivity contribution < 1.29 is 4.79 Å². The molecule has 0 saturated heterocycles. The van der Waals surface area contributed by atoms with Crippen molar-refractivity contribution in [3.8, 4) is 0 Å². The van der Waals surface area contributed by atoms with Crippen molar-refractivity contribution in [2.24, 2.45) is 0 Å². The first-order valence-corrected chi connectivity index (χ1v) is 8.08. The molecule has 114 valence electrons. The molecule has 1 aromatic heterocycles. The number of benzene rings is 1. The lowest BCUT2D eigenvalue weighted by Crippen LogP contribution is -2.47. The smallest absolute Gasteiger partial charge is 0.288 e. The topological polar surface area (TPSA) is 66.1 Å². The van der Waals surface area contributed by atoms with E-state index in [1.165, 1.54) is 4.90 Å². The molecule has 0 aliphatic rings. The molecule has 7 heteroatoms. The number of thioether (sulfide) groups is 1. The van der Waals surface area contributed by atoms with E-state index in [4.69, 9.17) is 12.2 Å². The zero-order valence-corrected chi connectivity index (χ0v) is 13.4. The molecule has 0 aliphatic heterocycles. The van der Waals surface area contributed by atoms with E-state index in [1.807, 2.05) is 18.2 Å². The quantitative estimate of drug-likeness (QED) is 0.337. The van der Waals surface area contributed by atoms with Gasteiger partial charge >= 0.3 is 0 Å². The molecule has 0 radical (unpaired) electrons. The first-order chi connectivity index (χ1) is 10.8. The van der Waals surface area contributed by atoms with Crippen LogP contribution in [0.1, 0.15) is 10.5 Å². The molecule has 2 aromatic rings. The number of thiocarbonyl (C=S) groups is 1. The Morgan fingerprint density at radius 3 is 2.59 bits per heavy atom. The van der Waals surface area contributed by atoms with E-state index in [9.17, 15) is 4.79 Å². The Morgan fingerprint density at radius 2 is 1.86 bits per heavy atom. The predicted octanol–water partition coefficient (Wildman–Crippen LogP) is 1.98. The average molecular weight is 332 g/mol. The summed E-state index contributed by atoms with van der Waals surface area (Å²) < 4.78 is 0. The second kappa shape index (κ2) is 9.01. The molecule has 0 spiro atoms. The zero-order valence-electron chi connectivity index (χ0n) is 11.8. The van der Waals surface area contributed by atoms with Gasteiger partial charge in [-0.05, 0) is 36.5 Å². The van der Waals surface area contributed by atoms with E-state index in [0.717, 1.165) is 5.75 Å². The molecule has 0 saturated carbocycles. The third-order valence-corrected chi connectivity index (χ3v) is 3.85. The third-order valence-electron chi connectivity index (χ3n) is 2.59. The lowest BCUT2D eigenvalue weighted by Gasteiger charge is -2.11. The molecule has 22 heavy (non-hydrogen) atoms. The van der Waals surface area contributed by atoms with Gasteiger partial charge in [0.25, 0.3) is 5.91 Å². The zero-order chi connectivity index (χ0) is 15.6. The van der Waals surface area contributed by atoms with Crippen molar-refractivity contribution in [3.63, 3.8) is 0 Å². The highest BCUT2D eigenvalue weighted by Gasteiger charge is 2.05. The van der Waals surface area contributed by atoms with Crippen molar-refractivity contribution in [1.82, 2.24) is 21.2 Å². The molecule has 0 bridgehead atoms. The minimum Gasteiger partial charge on any atom is -0.361 e. The number of rotatable bonds is 5. The largest absolute Gasteiger partial charge is 0.361 e. The molecule has 0 fully saturated rings. The third kappa shape index (κ3) is 5.71. The van der Waals surface area contributed by atoms with E-state index >= 15 is 0 Å². The predicted molar refractivity (Wildman–Crippen MR) is 92.6 cm³/mol. The average Bonchev–Trinajstić information content (AvgIpc) is 2.58. The summed E-state index contributed by atoms with van der Waals surface area (Å²) in [6, 6.07) is 15.3. The van der Waals surface area contributed by atoms with Gasteiger partial charge in [-0.15, -0.1) is 11.8 Å². The molecule has 1 aromatic carbocycles. The molecular weight excluding hydrogens is 316 g/mol. The summed E-state index contributed by atoms with van der Waals surface area (Å²) in [6.07, 6.45) is 1.56. The van der Waals surface area contributed by atoms with Gasteiger partial charge in [0.05, 0.1) is 0 Å². The fourth-order valence-electron chi connectivity index (χ4n) is 1.57. The second-order valence-corrected chi connectivity index (χ2v) is 5.79. The standard InChI is InChI=1S/C15H16N4OS2/c20-14(13-8-4-5-9-16-13)18-19-15(21)17-10-11-22-12-6-2-1-3-7-12/h1-9H,10-11H2,(H,18,20)(H2,17,19,21). The number of aromatic nitrogens is 1. The number of hydrogen-bond donors (Lipinski definition) is 3. The number of carbonyl (C=O) groups is 1. The maximum Gasteiger partial charge on any atom is 0.288 e. The van der Waals surface area contributed by atoms with Gasteiger partial charge in [0.1, 0.15) is 5.69 Å². The highest BCUT2D eigenvalue weighted by Crippen LogP contribution is 2.15. The summed E-state index contributed by atoms with van der Waals surface area (Å²) in [5.41, 5.74) is 5.48. The Morgan fingerprint density at radius 1 is 1.09 bits per heavy atom. The van der Waals surface area contributed by atoms with E-state index < -0.39 is 0 Å². The maximum absolute atomic E-state index is 11.7. The van der Waals surface area contributed by atoms with E-state index in [2.05, 4.69) is 33.3 Å². The summed E-state index contributed by atoms with van der Waals surface area (Å²) in [5, 5.41) is 3.40. The Labute approximate surface area is 138 Å². The first kappa shape index (κ1) is 16.3. The van der Waals surface area contributed by atoms with Crippen LogP contribution in [0.25, 0.3) is 0 Å². The van der Waals surface area contributed by atoms with Gasteiger partial charge in [0, 0.05) is 23.4 Å². The Balaban J connectivity index is 1.61. The van der Waals surface area contributed by atoms with Gasteiger partial charge in [-0.2, -0.15) is 0 Å². The van der Waals surface area contributed by atoms with Gasteiger partial charge in [0.2, 0.25) is 0 Å². The SMILES string of the molecule is O=C(NNC(=S)NCCSc1ccccc1)c1ccccn1. The van der Waals surface area contributed by atoms with Crippen LogP contribution in [0.3, 0.4) is 0 Å². The van der Waals surface area contributed by atoms with Crippen LogP contribution in [0.4, 0.5) is 0 Å². The fourth-order valence-corrected chi connectivity index (χ4v) is 2.51. The monoisotopic (exact) mass is 332 g/mol. The van der Waals surface area contributed by atoms with Gasteiger partial charge in [-0.3, -0.25) is 20.6 Å². The number of nitrogens with zero attached hydrogens (tertiary/aromatic N) is 1. The highest BCUT2D eigenvalue weighted by atomic mass is 32.2. The maximum atomic E-state index is 11.7. The molecule has 0 unspecified atom stereocenters. The summed E-state index contributed by atoms with van der Waals surface area (Å²) in [5.74, 6) is 0.545. The molecule has 5 nitrogen and oxygen atoms in total. The van der Waals surface area contributed by atoms with Crippen LogP contribution >= 0.6 is 24.0 Å². The number of nitrogens with one attached hydrogen (secondary N) is 3. The molecule has 0 aliphatic carbocycles. The van der Waals surface area contributed by atoms with Crippen LogP contribution in [-0.4, -0.2) is 28.3 Å². The molecule has 0 atom stereocenters. The summed E-state index contributed by atoms with van der Waals surface area (Å²) >= 11 is 6.82. The number of hydrogen-bond acceptors (Lipinski definition) is 4. The number of amides is 1. The van der Waals surface area contributed by atoms with Crippen LogP contribution in [0.5, 0.6) is 0 Å². The molecule has 3 N–H and O–H groups in total. The number of carbonyl (C=O) groups excluding carboxylic acids is 1. The summed E-state index contributed by atoms with van der Waals surface area (Å²) in [4.78, 5) is 16.9. The first-order valence-electron chi connectivity index (χ1n) is 6.69. The van der Waals surface area contributed by atoms with Gasteiger partial charge in [0.15, 0.2) is 5.11 Å². The fraction of sp³-hybridized carbons (Fsp3) is 0.133. The van der Waals surface area contributed by atoms with Gasteiger partial charge < -0.3 is 5.32 Å².